The molecule has 3 atom stereocenters. The summed E-state index contributed by atoms with van der Waals surface area (Å²) >= 11 is 2.80. The number of hydrogen-bond donors (Lipinski definition) is 2. The molecule has 3 unspecified atom stereocenters. The van der Waals surface area contributed by atoms with E-state index < -0.39 is 34.5 Å². The van der Waals surface area contributed by atoms with Crippen LogP contribution in [0.5, 0.6) is 0 Å². The largest absolute Gasteiger partial charge is 0.496 e. The van der Waals surface area contributed by atoms with Gasteiger partial charge in [-0.3, -0.25) is 19.3 Å². The summed E-state index contributed by atoms with van der Waals surface area (Å²) in [6.07, 6.45) is 0.0179. The van der Waals surface area contributed by atoms with Gasteiger partial charge in [0.1, 0.15) is 17.2 Å². The van der Waals surface area contributed by atoms with Gasteiger partial charge in [-0.15, -0.1) is 23.5 Å². The van der Waals surface area contributed by atoms with Crippen molar-refractivity contribution in [1.82, 2.24) is 10.2 Å². The fourth-order valence-electron chi connectivity index (χ4n) is 2.93. The molecule has 1 saturated heterocycles. The van der Waals surface area contributed by atoms with Gasteiger partial charge in [0.25, 0.3) is 5.91 Å². The summed E-state index contributed by atoms with van der Waals surface area (Å²) in [5, 5.41) is 12.9. The van der Waals surface area contributed by atoms with Gasteiger partial charge in [0.2, 0.25) is 5.91 Å². The monoisotopic (exact) mass is 414 g/mol. The van der Waals surface area contributed by atoms with Crippen LogP contribution < -0.4 is 5.32 Å². The van der Waals surface area contributed by atoms with Gasteiger partial charge in [-0.2, -0.15) is 0 Å². The maximum Gasteiger partial charge on any atom is 0.356 e. The second-order valence-corrected chi connectivity index (χ2v) is 8.45. The molecule has 0 aromatic carbocycles. The molecule has 0 spiro atoms. The van der Waals surface area contributed by atoms with Crippen LogP contribution in [0.25, 0.3) is 0 Å². The lowest BCUT2D eigenvalue weighted by atomic mass is 10.0. The van der Waals surface area contributed by atoms with Gasteiger partial charge in [-0.25, -0.2) is 4.79 Å². The Morgan fingerprint density at radius 1 is 1.44 bits per heavy atom. The zero-order valence-electron chi connectivity index (χ0n) is 14.6. The average Bonchev–Trinajstić information content (AvgIpc) is 2.61. The lowest BCUT2D eigenvalue weighted by Crippen LogP contribution is -2.71. The summed E-state index contributed by atoms with van der Waals surface area (Å²) in [5.74, 6) is -1.64. The van der Waals surface area contributed by atoms with E-state index in [-0.39, 0.29) is 23.8 Å². The molecule has 3 heterocycles. The highest BCUT2D eigenvalue weighted by Gasteiger charge is 2.56. The van der Waals surface area contributed by atoms with Crippen LogP contribution in [-0.2, 0) is 28.7 Å². The number of carboxylic acid groups (broad SMARTS) is 1. The summed E-state index contributed by atoms with van der Waals surface area (Å²) in [7, 11) is 0. The molecule has 3 rings (SSSR count). The van der Waals surface area contributed by atoms with Crippen molar-refractivity contribution in [2.75, 3.05) is 12.4 Å². The number of aliphatic carboxylic acids is 1. The number of nitrogens with one attached hydrogen (secondary N) is 1. The lowest BCUT2D eigenvalue weighted by Gasteiger charge is -2.50. The van der Waals surface area contributed by atoms with E-state index in [2.05, 4.69) is 5.32 Å². The molecule has 146 valence electrons. The van der Waals surface area contributed by atoms with E-state index in [1.54, 1.807) is 24.1 Å². The normalized spacial score (nSPS) is 27.0. The predicted octanol–water partition coefficient (Wildman–Crippen LogP) is 0.629. The summed E-state index contributed by atoms with van der Waals surface area (Å²) in [6.45, 7) is 3.38. The quantitative estimate of drug-likeness (QED) is 0.492. The second kappa shape index (κ2) is 7.85. The minimum Gasteiger partial charge on any atom is -0.496 e. The molecule has 0 aromatic heterocycles. The van der Waals surface area contributed by atoms with Crippen molar-refractivity contribution in [2.45, 2.75) is 36.9 Å². The molecule has 1 fully saturated rings. The molecule has 3 aliphatic rings. The number of carbonyl (C=O) groups excluding carboxylic acids is 3. The maximum absolute atomic E-state index is 12.5. The van der Waals surface area contributed by atoms with Gasteiger partial charge in [0.15, 0.2) is 11.5 Å². The Hall–Kier alpha value is -2.14. The molecule has 2 N–H and O–H groups in total. The van der Waals surface area contributed by atoms with Crippen LogP contribution >= 0.6 is 23.5 Å². The number of amides is 2. The van der Waals surface area contributed by atoms with Crippen molar-refractivity contribution in [3.05, 3.63) is 22.6 Å². The predicted molar refractivity (Wildman–Crippen MR) is 97.2 cm³/mol. The van der Waals surface area contributed by atoms with Crippen LogP contribution in [-0.4, -0.2) is 62.8 Å². The Morgan fingerprint density at radius 2 is 2.19 bits per heavy atom. The fourth-order valence-corrected chi connectivity index (χ4v) is 4.94. The Balaban J connectivity index is 1.73. The first-order valence-corrected chi connectivity index (χ1v) is 10.2. The highest BCUT2D eigenvalue weighted by Crippen LogP contribution is 2.44. The number of rotatable bonds is 5. The number of esters is 1. The topological polar surface area (TPSA) is 122 Å². The third-order valence-corrected chi connectivity index (χ3v) is 6.26. The number of ether oxygens (including phenoxy) is 2. The highest BCUT2D eigenvalue weighted by atomic mass is 32.2. The van der Waals surface area contributed by atoms with Crippen molar-refractivity contribution >= 4 is 47.3 Å². The number of fused-ring (bicyclic) bond motifs is 1. The summed E-state index contributed by atoms with van der Waals surface area (Å²) in [5.41, 5.74) is -0.355. The zero-order chi connectivity index (χ0) is 19.7. The van der Waals surface area contributed by atoms with Crippen LogP contribution in [0.3, 0.4) is 0 Å². The molecule has 0 radical (unpaired) electrons. The fraction of sp³-hybridized carbons (Fsp3) is 0.500. The average molecular weight is 414 g/mol. The maximum atomic E-state index is 12.5. The summed E-state index contributed by atoms with van der Waals surface area (Å²) in [6, 6.07) is -0.838. The lowest BCUT2D eigenvalue weighted by molar-refractivity contribution is -0.152. The van der Waals surface area contributed by atoms with Crippen LogP contribution in [0.2, 0.25) is 0 Å². The molecule has 0 bridgehead atoms. The number of thioether (sulfide) groups is 2. The van der Waals surface area contributed by atoms with E-state index in [0.717, 1.165) is 17.6 Å². The summed E-state index contributed by atoms with van der Waals surface area (Å²) in [4.78, 5) is 48.7. The van der Waals surface area contributed by atoms with Gasteiger partial charge in [-0.1, -0.05) is 0 Å². The smallest absolute Gasteiger partial charge is 0.356 e. The van der Waals surface area contributed by atoms with Crippen LogP contribution in [0.1, 0.15) is 20.3 Å². The molecule has 3 aliphatic heterocycles. The molecule has 0 saturated carbocycles. The van der Waals surface area contributed by atoms with Gasteiger partial charge in [-0.05, 0) is 6.92 Å². The zero-order valence-corrected chi connectivity index (χ0v) is 16.2. The summed E-state index contributed by atoms with van der Waals surface area (Å²) < 4.78 is 10.4. The third-order valence-electron chi connectivity index (χ3n) is 4.04. The Bertz CT molecular complexity index is 764. The molecule has 0 aromatic rings. The van der Waals surface area contributed by atoms with Crippen molar-refractivity contribution in [3.8, 4) is 0 Å². The minimum atomic E-state index is -1.36. The van der Waals surface area contributed by atoms with E-state index in [9.17, 15) is 24.3 Å². The van der Waals surface area contributed by atoms with E-state index in [1.165, 1.54) is 11.8 Å². The van der Waals surface area contributed by atoms with E-state index in [0.29, 0.717) is 12.4 Å². The van der Waals surface area contributed by atoms with E-state index in [4.69, 9.17) is 9.47 Å². The number of hydrogen-bond acceptors (Lipinski definition) is 8. The third kappa shape index (κ3) is 3.93. The molecule has 2 amide bonds. The van der Waals surface area contributed by atoms with Gasteiger partial charge in [0, 0.05) is 18.1 Å². The van der Waals surface area contributed by atoms with E-state index >= 15 is 0 Å². The molecule has 9 nitrogen and oxygen atoms in total. The van der Waals surface area contributed by atoms with Gasteiger partial charge >= 0.3 is 11.9 Å². The molecule has 11 heteroatoms. The Labute approximate surface area is 163 Å². The van der Waals surface area contributed by atoms with Crippen molar-refractivity contribution < 1.29 is 33.8 Å². The second-order valence-electron chi connectivity index (χ2n) is 6.01. The highest BCUT2D eigenvalue weighted by molar-refractivity contribution is 8.02. The first kappa shape index (κ1) is 19.6. The van der Waals surface area contributed by atoms with E-state index in [1.807, 2.05) is 0 Å². The first-order valence-electron chi connectivity index (χ1n) is 8.16. The minimum absolute atomic E-state index is 0.0179. The molecular formula is C16H18N2O7S2. The van der Waals surface area contributed by atoms with Crippen molar-refractivity contribution in [1.29, 1.82) is 0 Å². The first-order chi connectivity index (χ1) is 12.8. The van der Waals surface area contributed by atoms with Gasteiger partial charge < -0.3 is 19.9 Å². The standard InChI is InChI=1S/C16H18N2O7S2/c1-7-13(25-8(2)19)12(16(22)23)18-14(21)11(15(18)27-7)17-10(20)5-9-6-26-4-3-24-9/h6-7,11,15H,3-5H2,1-2H3,(H,17,20)(H,22,23). The van der Waals surface area contributed by atoms with Gasteiger partial charge in [0.05, 0.1) is 18.3 Å². The molecule has 0 aliphatic carbocycles. The number of carbonyl (C=O) groups is 4. The Morgan fingerprint density at radius 3 is 2.78 bits per heavy atom. The van der Waals surface area contributed by atoms with Crippen molar-refractivity contribution in [2.24, 2.45) is 0 Å². The SMILES string of the molecule is CC(=O)OC1=C(C(=O)O)N2C(=O)C(NC(=O)CC3=CSCCO3)C2SC1C. The number of carboxylic acids is 1. The van der Waals surface area contributed by atoms with Crippen LogP contribution in [0, 0.1) is 0 Å². The molecule has 27 heavy (non-hydrogen) atoms. The number of nitrogens with zero attached hydrogens (tertiary/aromatic N) is 1. The van der Waals surface area contributed by atoms with Crippen molar-refractivity contribution in [3.63, 3.8) is 0 Å². The Kier molecular flexibility index (Phi) is 5.70. The van der Waals surface area contributed by atoms with Crippen LogP contribution in [0.15, 0.2) is 22.6 Å². The number of β-lactam (4-membered cyclic amide) rings is 1. The molecular weight excluding hydrogens is 396 g/mol. The van der Waals surface area contributed by atoms with Crippen LogP contribution in [0.4, 0.5) is 0 Å².